The zero-order valence-corrected chi connectivity index (χ0v) is 14.7. The van der Waals surface area contributed by atoms with E-state index < -0.39 is 0 Å². The Kier molecular flexibility index (Phi) is 14.9. The van der Waals surface area contributed by atoms with Crippen LogP contribution in [0.5, 0.6) is 0 Å². The second-order valence-electron chi connectivity index (χ2n) is 5.95. The van der Waals surface area contributed by atoms with E-state index in [4.69, 9.17) is 0 Å². The first-order valence-corrected chi connectivity index (χ1v) is 9.15. The summed E-state index contributed by atoms with van der Waals surface area (Å²) in [4.78, 5) is 4.65. The molecule has 122 valence electrons. The topological polar surface area (TPSA) is 12.4 Å². The number of hydrogen-bond acceptors (Lipinski definition) is 1. The Hall–Kier alpha value is -0.850. The summed E-state index contributed by atoms with van der Waals surface area (Å²) in [5.41, 5.74) is 1.30. The van der Waals surface area contributed by atoms with Gasteiger partial charge in [0, 0.05) is 17.8 Å². The Morgan fingerprint density at radius 3 is 1.90 bits per heavy atom. The molecule has 0 aliphatic rings. The minimum atomic E-state index is 0.648. The van der Waals surface area contributed by atoms with Crippen LogP contribution in [0.2, 0.25) is 0 Å². The van der Waals surface area contributed by atoms with Gasteiger partial charge in [0.2, 0.25) is 0 Å². The quantitative estimate of drug-likeness (QED) is 0.239. The Morgan fingerprint density at radius 2 is 1.48 bits per heavy atom. The molecule has 1 nitrogen and oxygen atoms in total. The molecule has 0 unspecified atom stereocenters. The molecule has 0 aliphatic heterocycles. The highest BCUT2D eigenvalue weighted by atomic mass is 14.7. The standard InChI is InChI=1S/C20H37N/c1-5-9-11-13-16-19(17-14-12-10-6-2)20(15-7-3)21-18-8-4/h8,15,18-19H,4-7,9-14,16-17H2,1-3H3/b20-15-,21-18?. The van der Waals surface area contributed by atoms with Gasteiger partial charge in [-0.05, 0) is 19.3 Å². The Morgan fingerprint density at radius 1 is 0.905 bits per heavy atom. The maximum Gasteiger partial charge on any atom is 0.0394 e. The summed E-state index contributed by atoms with van der Waals surface area (Å²) in [5, 5.41) is 0. The predicted octanol–water partition coefficient (Wildman–Crippen LogP) is 7.09. The average Bonchev–Trinajstić information content (AvgIpc) is 2.50. The first-order valence-electron chi connectivity index (χ1n) is 9.15. The first-order chi connectivity index (χ1) is 10.3. The summed E-state index contributed by atoms with van der Waals surface area (Å²) in [6.07, 6.45) is 20.4. The highest BCUT2D eigenvalue weighted by Gasteiger charge is 2.13. The van der Waals surface area contributed by atoms with Crippen LogP contribution in [0, 0.1) is 5.92 Å². The van der Waals surface area contributed by atoms with Crippen molar-refractivity contribution in [3.05, 3.63) is 24.4 Å². The van der Waals surface area contributed by atoms with E-state index in [0.29, 0.717) is 5.92 Å². The van der Waals surface area contributed by atoms with Crippen LogP contribution < -0.4 is 0 Å². The molecule has 0 saturated heterocycles. The van der Waals surface area contributed by atoms with E-state index in [1.54, 1.807) is 6.08 Å². The van der Waals surface area contributed by atoms with E-state index in [1.807, 2.05) is 6.21 Å². The molecule has 0 amide bonds. The van der Waals surface area contributed by atoms with Crippen molar-refractivity contribution in [2.75, 3.05) is 0 Å². The van der Waals surface area contributed by atoms with Crippen molar-refractivity contribution in [3.63, 3.8) is 0 Å². The molecule has 1 heteroatoms. The molecule has 0 rings (SSSR count). The van der Waals surface area contributed by atoms with Gasteiger partial charge < -0.3 is 0 Å². The van der Waals surface area contributed by atoms with E-state index >= 15 is 0 Å². The SMILES string of the molecule is C=CC=N/C(=C\CC)C(CCCCCC)CCCCCC. The van der Waals surface area contributed by atoms with E-state index in [-0.39, 0.29) is 0 Å². The molecule has 0 aromatic heterocycles. The average molecular weight is 292 g/mol. The Bertz CT molecular complexity index is 276. The normalized spacial score (nSPS) is 12.5. The van der Waals surface area contributed by atoms with Crippen molar-refractivity contribution in [1.29, 1.82) is 0 Å². The largest absolute Gasteiger partial charge is 0.261 e. The van der Waals surface area contributed by atoms with E-state index in [0.717, 1.165) is 6.42 Å². The number of nitrogens with zero attached hydrogens (tertiary/aromatic N) is 1. The Balaban J connectivity index is 4.52. The number of allylic oxidation sites excluding steroid dienone is 3. The van der Waals surface area contributed by atoms with Crippen LogP contribution in [0.1, 0.15) is 91.4 Å². The van der Waals surface area contributed by atoms with Crippen LogP contribution in [-0.4, -0.2) is 6.21 Å². The van der Waals surface area contributed by atoms with Gasteiger partial charge >= 0.3 is 0 Å². The molecule has 0 bridgehead atoms. The molecule has 0 aromatic rings. The molecule has 0 fully saturated rings. The minimum absolute atomic E-state index is 0.648. The summed E-state index contributed by atoms with van der Waals surface area (Å²) >= 11 is 0. The van der Waals surface area contributed by atoms with Crippen LogP contribution in [0.3, 0.4) is 0 Å². The monoisotopic (exact) mass is 291 g/mol. The number of unbranched alkanes of at least 4 members (excludes halogenated alkanes) is 6. The van der Waals surface area contributed by atoms with Crippen molar-refractivity contribution in [2.24, 2.45) is 10.9 Å². The molecular formula is C20H37N. The summed E-state index contributed by atoms with van der Waals surface area (Å²) < 4.78 is 0. The Labute approximate surface area is 133 Å². The molecule has 0 atom stereocenters. The summed E-state index contributed by atoms with van der Waals surface area (Å²) in [6.45, 7) is 10.5. The van der Waals surface area contributed by atoms with Gasteiger partial charge in [-0.25, -0.2) is 0 Å². The van der Waals surface area contributed by atoms with Crippen LogP contribution in [0.25, 0.3) is 0 Å². The smallest absolute Gasteiger partial charge is 0.0394 e. The second kappa shape index (κ2) is 15.5. The number of hydrogen-bond donors (Lipinski definition) is 0. The van der Waals surface area contributed by atoms with Crippen LogP contribution in [0.4, 0.5) is 0 Å². The van der Waals surface area contributed by atoms with E-state index in [1.165, 1.54) is 69.9 Å². The maximum atomic E-state index is 4.65. The van der Waals surface area contributed by atoms with Crippen molar-refractivity contribution < 1.29 is 0 Å². The lowest BCUT2D eigenvalue weighted by molar-refractivity contribution is 0.451. The van der Waals surface area contributed by atoms with Gasteiger partial charge in [-0.3, -0.25) is 4.99 Å². The van der Waals surface area contributed by atoms with E-state index in [9.17, 15) is 0 Å². The molecule has 0 saturated carbocycles. The van der Waals surface area contributed by atoms with Gasteiger partial charge in [0.15, 0.2) is 0 Å². The van der Waals surface area contributed by atoms with Crippen molar-refractivity contribution in [1.82, 2.24) is 0 Å². The highest BCUT2D eigenvalue weighted by molar-refractivity contribution is 5.71. The third-order valence-corrected chi connectivity index (χ3v) is 3.97. The molecule has 0 heterocycles. The molecule has 0 spiro atoms. The molecule has 0 radical (unpaired) electrons. The zero-order chi connectivity index (χ0) is 15.8. The van der Waals surface area contributed by atoms with E-state index in [2.05, 4.69) is 38.4 Å². The lowest BCUT2D eigenvalue weighted by Gasteiger charge is -2.18. The van der Waals surface area contributed by atoms with Gasteiger partial charge in [0.05, 0.1) is 0 Å². The molecule has 0 N–H and O–H groups in total. The second-order valence-corrected chi connectivity index (χ2v) is 5.95. The fourth-order valence-corrected chi connectivity index (χ4v) is 2.75. The molecular weight excluding hydrogens is 254 g/mol. The van der Waals surface area contributed by atoms with Crippen LogP contribution in [-0.2, 0) is 0 Å². The van der Waals surface area contributed by atoms with Crippen molar-refractivity contribution >= 4 is 6.21 Å². The third kappa shape index (κ3) is 11.5. The van der Waals surface area contributed by atoms with Gasteiger partial charge in [-0.1, -0.05) is 90.9 Å². The number of rotatable bonds is 14. The van der Waals surface area contributed by atoms with Gasteiger partial charge in [0.25, 0.3) is 0 Å². The zero-order valence-electron chi connectivity index (χ0n) is 14.7. The molecule has 0 aliphatic carbocycles. The predicted molar refractivity (Wildman–Crippen MR) is 98.1 cm³/mol. The molecule has 0 aromatic carbocycles. The lowest BCUT2D eigenvalue weighted by Crippen LogP contribution is -2.04. The highest BCUT2D eigenvalue weighted by Crippen LogP contribution is 2.26. The minimum Gasteiger partial charge on any atom is -0.261 e. The molecule has 21 heavy (non-hydrogen) atoms. The summed E-state index contributed by atoms with van der Waals surface area (Å²) in [6, 6.07) is 0. The fourth-order valence-electron chi connectivity index (χ4n) is 2.75. The fraction of sp³-hybridized carbons (Fsp3) is 0.750. The third-order valence-electron chi connectivity index (χ3n) is 3.97. The summed E-state index contributed by atoms with van der Waals surface area (Å²) in [5.74, 6) is 0.648. The van der Waals surface area contributed by atoms with Gasteiger partial charge in [-0.15, -0.1) is 0 Å². The first kappa shape index (κ1) is 20.1. The van der Waals surface area contributed by atoms with Crippen LogP contribution in [0.15, 0.2) is 29.4 Å². The summed E-state index contributed by atoms with van der Waals surface area (Å²) in [7, 11) is 0. The lowest BCUT2D eigenvalue weighted by atomic mass is 9.91. The maximum absolute atomic E-state index is 4.65. The van der Waals surface area contributed by atoms with Crippen molar-refractivity contribution in [3.8, 4) is 0 Å². The van der Waals surface area contributed by atoms with Crippen molar-refractivity contribution in [2.45, 2.75) is 91.4 Å². The number of aliphatic imine (C=N–C) groups is 1. The van der Waals surface area contributed by atoms with Gasteiger partial charge in [-0.2, -0.15) is 0 Å². The van der Waals surface area contributed by atoms with Gasteiger partial charge in [0.1, 0.15) is 0 Å². The van der Waals surface area contributed by atoms with Crippen LogP contribution >= 0.6 is 0 Å².